The number of aromatic nitrogens is 4. The van der Waals surface area contributed by atoms with Crippen molar-refractivity contribution in [2.24, 2.45) is 0 Å². The lowest BCUT2D eigenvalue weighted by Crippen LogP contribution is -2.28. The maximum Gasteiger partial charge on any atom is 0.259 e. The number of hydrogen-bond acceptors (Lipinski definition) is 6. The fourth-order valence-electron chi connectivity index (χ4n) is 3.67. The number of carbonyl (C=O) groups is 1. The van der Waals surface area contributed by atoms with Gasteiger partial charge in [0.05, 0.1) is 11.1 Å². The first kappa shape index (κ1) is 21.2. The molecule has 0 bridgehead atoms. The molecule has 0 radical (unpaired) electrons. The van der Waals surface area contributed by atoms with Gasteiger partial charge in [0.2, 0.25) is 11.7 Å². The van der Waals surface area contributed by atoms with Gasteiger partial charge in [0.25, 0.3) is 11.4 Å². The van der Waals surface area contributed by atoms with Crippen LogP contribution in [0.1, 0.15) is 5.56 Å². The summed E-state index contributed by atoms with van der Waals surface area (Å²) in [6.45, 7) is 1.51. The molecule has 5 rings (SSSR count). The number of nitrogens with one attached hydrogen (secondary N) is 1. The van der Waals surface area contributed by atoms with Gasteiger partial charge >= 0.3 is 0 Å². The number of halogens is 1. The Morgan fingerprint density at radius 2 is 1.91 bits per heavy atom. The van der Waals surface area contributed by atoms with Crippen LogP contribution in [0.4, 0.5) is 10.1 Å². The van der Waals surface area contributed by atoms with Gasteiger partial charge in [-0.1, -0.05) is 35.5 Å². The smallest absolute Gasteiger partial charge is 0.259 e. The van der Waals surface area contributed by atoms with E-state index < -0.39 is 17.3 Å². The summed E-state index contributed by atoms with van der Waals surface area (Å²) in [5.74, 6) is -0.448. The van der Waals surface area contributed by atoms with Crippen LogP contribution >= 0.6 is 0 Å². The fraction of sp³-hybridized carbons (Fsp3) is 0.0800. The second kappa shape index (κ2) is 8.70. The number of hydrogen-bond donors (Lipinski definition) is 1. The molecule has 34 heavy (non-hydrogen) atoms. The number of rotatable bonds is 5. The minimum atomic E-state index is -0.461. The van der Waals surface area contributed by atoms with Crippen molar-refractivity contribution in [1.82, 2.24) is 19.7 Å². The van der Waals surface area contributed by atoms with Gasteiger partial charge < -0.3 is 9.84 Å². The monoisotopic (exact) mass is 455 g/mol. The van der Waals surface area contributed by atoms with Gasteiger partial charge in [-0.2, -0.15) is 4.98 Å². The van der Waals surface area contributed by atoms with Crippen LogP contribution in [0.2, 0.25) is 0 Å². The van der Waals surface area contributed by atoms with E-state index in [0.717, 1.165) is 0 Å². The highest BCUT2D eigenvalue weighted by Gasteiger charge is 2.18. The molecule has 1 amide bonds. The van der Waals surface area contributed by atoms with E-state index in [1.54, 1.807) is 49.5 Å². The van der Waals surface area contributed by atoms with Crippen LogP contribution in [0, 0.1) is 12.7 Å². The molecule has 3 aromatic heterocycles. The molecule has 9 heteroatoms. The number of amides is 1. The molecule has 0 saturated heterocycles. The first-order valence-corrected chi connectivity index (χ1v) is 10.4. The molecular formula is C25H18FN5O3. The lowest BCUT2D eigenvalue weighted by molar-refractivity contribution is -0.116. The zero-order valence-corrected chi connectivity index (χ0v) is 18.0. The average molecular weight is 455 g/mol. The second-order valence-electron chi connectivity index (χ2n) is 7.65. The van der Waals surface area contributed by atoms with E-state index in [1.165, 1.54) is 22.8 Å². The summed E-state index contributed by atoms with van der Waals surface area (Å²) in [7, 11) is 0. The first-order chi connectivity index (χ1) is 16.5. The normalized spacial score (nSPS) is 11.0. The Labute approximate surface area is 192 Å². The van der Waals surface area contributed by atoms with Crippen LogP contribution in [-0.2, 0) is 11.3 Å². The number of nitrogens with zero attached hydrogens (tertiary/aromatic N) is 4. The average Bonchev–Trinajstić information content (AvgIpc) is 3.34. The minimum absolute atomic E-state index is 0.168. The van der Waals surface area contributed by atoms with Gasteiger partial charge in [0, 0.05) is 23.3 Å². The maximum atomic E-state index is 13.6. The van der Waals surface area contributed by atoms with E-state index in [9.17, 15) is 14.0 Å². The Morgan fingerprint density at radius 1 is 1.09 bits per heavy atom. The number of anilines is 1. The Kier molecular flexibility index (Phi) is 5.43. The van der Waals surface area contributed by atoms with E-state index >= 15 is 0 Å². The number of para-hydroxylation sites is 1. The van der Waals surface area contributed by atoms with Crippen LogP contribution < -0.4 is 10.9 Å². The largest absolute Gasteiger partial charge is 0.334 e. The van der Waals surface area contributed by atoms with Gasteiger partial charge in [-0.05, 0) is 42.8 Å². The van der Waals surface area contributed by atoms with Crippen LogP contribution in [0.5, 0.6) is 0 Å². The highest BCUT2D eigenvalue weighted by atomic mass is 19.1. The molecule has 0 aliphatic heterocycles. The van der Waals surface area contributed by atoms with Crippen LogP contribution in [0.3, 0.4) is 0 Å². The quantitative estimate of drug-likeness (QED) is 0.426. The first-order valence-electron chi connectivity index (χ1n) is 10.4. The molecule has 0 saturated carbocycles. The van der Waals surface area contributed by atoms with Crippen molar-refractivity contribution in [2.45, 2.75) is 13.5 Å². The predicted molar refractivity (Wildman–Crippen MR) is 124 cm³/mol. The van der Waals surface area contributed by atoms with Gasteiger partial charge in [0.15, 0.2) is 0 Å². The summed E-state index contributed by atoms with van der Waals surface area (Å²) < 4.78 is 20.4. The molecule has 5 aromatic rings. The third-order valence-electron chi connectivity index (χ3n) is 5.34. The Balaban J connectivity index is 1.51. The topological polar surface area (TPSA) is 103 Å². The lowest BCUT2D eigenvalue weighted by atomic mass is 10.1. The van der Waals surface area contributed by atoms with Crippen molar-refractivity contribution in [3.8, 4) is 23.0 Å². The summed E-state index contributed by atoms with van der Waals surface area (Å²) in [6, 6.07) is 18.0. The molecule has 0 aliphatic rings. The molecule has 0 atom stereocenters. The number of pyridine rings is 2. The number of benzene rings is 2. The van der Waals surface area contributed by atoms with Crippen LogP contribution in [0.15, 0.2) is 82.2 Å². The lowest BCUT2D eigenvalue weighted by Gasteiger charge is -2.13. The number of aryl methyl sites for hydroxylation is 1. The molecule has 3 heterocycles. The third-order valence-corrected chi connectivity index (χ3v) is 5.34. The van der Waals surface area contributed by atoms with Crippen LogP contribution in [0.25, 0.3) is 33.9 Å². The Bertz CT molecular complexity index is 1580. The van der Waals surface area contributed by atoms with Crippen molar-refractivity contribution in [1.29, 1.82) is 0 Å². The van der Waals surface area contributed by atoms with E-state index in [2.05, 4.69) is 20.4 Å². The molecular weight excluding hydrogens is 437 g/mol. The summed E-state index contributed by atoms with van der Waals surface area (Å²) in [5, 5.41) is 7.31. The Morgan fingerprint density at radius 3 is 2.74 bits per heavy atom. The summed E-state index contributed by atoms with van der Waals surface area (Å²) >= 11 is 0. The highest BCUT2D eigenvalue weighted by molar-refractivity contribution is 5.95. The van der Waals surface area contributed by atoms with E-state index in [0.29, 0.717) is 39.2 Å². The predicted octanol–water partition coefficient (Wildman–Crippen LogP) is 4.20. The molecule has 8 nitrogen and oxygen atoms in total. The zero-order chi connectivity index (χ0) is 23.7. The molecule has 0 spiro atoms. The second-order valence-corrected chi connectivity index (χ2v) is 7.65. The fourth-order valence-corrected chi connectivity index (χ4v) is 3.67. The summed E-state index contributed by atoms with van der Waals surface area (Å²) in [5.41, 5.74) is 2.16. The maximum absolute atomic E-state index is 13.6. The Hall–Kier alpha value is -4.66. The van der Waals surface area contributed by atoms with E-state index in [4.69, 9.17) is 4.52 Å². The van der Waals surface area contributed by atoms with Crippen molar-refractivity contribution < 1.29 is 13.7 Å². The molecule has 0 unspecified atom stereocenters. The van der Waals surface area contributed by atoms with E-state index in [1.807, 2.05) is 12.1 Å². The third kappa shape index (κ3) is 4.06. The van der Waals surface area contributed by atoms with Gasteiger partial charge in [-0.15, -0.1) is 0 Å². The van der Waals surface area contributed by atoms with Crippen molar-refractivity contribution in [3.63, 3.8) is 0 Å². The van der Waals surface area contributed by atoms with Crippen LogP contribution in [-0.4, -0.2) is 25.6 Å². The molecule has 0 aliphatic carbocycles. The van der Waals surface area contributed by atoms with Gasteiger partial charge in [0.1, 0.15) is 18.1 Å². The van der Waals surface area contributed by atoms with Crippen molar-refractivity contribution in [3.05, 3.63) is 94.7 Å². The summed E-state index contributed by atoms with van der Waals surface area (Å²) in [4.78, 5) is 34.4. The van der Waals surface area contributed by atoms with E-state index in [-0.39, 0.29) is 12.4 Å². The van der Waals surface area contributed by atoms with Crippen molar-refractivity contribution in [2.75, 3.05) is 5.32 Å². The molecule has 0 fully saturated rings. The van der Waals surface area contributed by atoms with Gasteiger partial charge in [-0.25, -0.2) is 4.39 Å². The number of fused-ring (bicyclic) bond motifs is 1. The molecule has 168 valence electrons. The van der Waals surface area contributed by atoms with Crippen molar-refractivity contribution >= 4 is 22.5 Å². The standard InChI is InChI=1S/C25H18FN5O3/c1-15-9-10-16(26)12-20(15)28-22(32)14-31-21-8-3-2-6-17(21)18(13-23(31)33)25-29-24(30-34-25)19-7-4-5-11-27-19/h2-13H,14H2,1H3,(H,28,32). The zero-order valence-electron chi connectivity index (χ0n) is 18.0. The molecule has 1 N–H and O–H groups in total. The van der Waals surface area contributed by atoms with Gasteiger partial charge in [-0.3, -0.25) is 19.1 Å². The number of carbonyl (C=O) groups excluding carboxylic acids is 1. The minimum Gasteiger partial charge on any atom is -0.334 e. The molecule has 2 aromatic carbocycles. The summed E-state index contributed by atoms with van der Waals surface area (Å²) in [6.07, 6.45) is 1.62. The highest BCUT2D eigenvalue weighted by Crippen LogP contribution is 2.27. The SMILES string of the molecule is Cc1ccc(F)cc1NC(=O)Cn1c(=O)cc(-c2nc(-c3ccccn3)no2)c2ccccc21.